The normalized spacial score (nSPS) is 10.6. The Balaban J connectivity index is 1.96. The molecule has 0 fully saturated rings. The van der Waals surface area contributed by atoms with Gasteiger partial charge in [0.2, 0.25) is 0 Å². The van der Waals surface area contributed by atoms with Gasteiger partial charge in [0, 0.05) is 12.6 Å². The average Bonchev–Trinajstić information content (AvgIpc) is 2.46. The Hall–Kier alpha value is -2.43. The second kappa shape index (κ2) is 6.14. The molecule has 2 aromatic rings. The standard InChI is InChI=1S/C15H17N3O2/c1-11(2)13-5-3-12(4-6-13)9-16-14-7-8-15(17-10-14)18(19)20/h3-8,10-11,16H,9H2,1-2H3. The number of aromatic nitrogens is 1. The lowest BCUT2D eigenvalue weighted by atomic mass is 10.0. The molecule has 1 heterocycles. The first-order valence-electron chi connectivity index (χ1n) is 6.49. The lowest BCUT2D eigenvalue weighted by Gasteiger charge is -2.08. The number of hydrogen-bond acceptors (Lipinski definition) is 4. The summed E-state index contributed by atoms with van der Waals surface area (Å²) in [5, 5.41) is 13.7. The molecule has 0 amide bonds. The van der Waals surface area contributed by atoms with Crippen LogP contribution in [-0.2, 0) is 6.54 Å². The molecular weight excluding hydrogens is 254 g/mol. The van der Waals surface area contributed by atoms with Crippen LogP contribution in [0.25, 0.3) is 0 Å². The predicted octanol–water partition coefficient (Wildman–Crippen LogP) is 3.73. The summed E-state index contributed by atoms with van der Waals surface area (Å²) in [7, 11) is 0. The first-order valence-corrected chi connectivity index (χ1v) is 6.49. The number of nitro groups is 1. The van der Waals surface area contributed by atoms with Crippen molar-refractivity contribution in [1.82, 2.24) is 4.98 Å². The van der Waals surface area contributed by atoms with E-state index >= 15 is 0 Å². The summed E-state index contributed by atoms with van der Waals surface area (Å²) in [6, 6.07) is 11.5. The van der Waals surface area contributed by atoms with E-state index in [1.807, 2.05) is 0 Å². The summed E-state index contributed by atoms with van der Waals surface area (Å²) in [6.07, 6.45) is 1.47. The van der Waals surface area contributed by atoms with Gasteiger partial charge in [-0.3, -0.25) is 0 Å². The van der Waals surface area contributed by atoms with Crippen LogP contribution in [-0.4, -0.2) is 9.91 Å². The zero-order chi connectivity index (χ0) is 14.5. The smallest absolute Gasteiger partial charge is 0.363 e. The fourth-order valence-electron chi connectivity index (χ4n) is 1.82. The fraction of sp³-hybridized carbons (Fsp3) is 0.267. The third-order valence-electron chi connectivity index (χ3n) is 3.08. The van der Waals surface area contributed by atoms with Gasteiger partial charge >= 0.3 is 5.82 Å². The third-order valence-corrected chi connectivity index (χ3v) is 3.08. The van der Waals surface area contributed by atoms with Crippen LogP contribution in [0.4, 0.5) is 11.5 Å². The highest BCUT2D eigenvalue weighted by molar-refractivity contribution is 5.44. The van der Waals surface area contributed by atoms with Crippen molar-refractivity contribution < 1.29 is 4.92 Å². The lowest BCUT2D eigenvalue weighted by Crippen LogP contribution is -2.01. The van der Waals surface area contributed by atoms with Crippen molar-refractivity contribution >= 4 is 11.5 Å². The molecule has 0 bridgehead atoms. The van der Waals surface area contributed by atoms with E-state index < -0.39 is 4.92 Å². The molecule has 0 aliphatic carbocycles. The maximum atomic E-state index is 10.5. The molecule has 5 nitrogen and oxygen atoms in total. The molecule has 0 saturated heterocycles. The molecule has 20 heavy (non-hydrogen) atoms. The number of rotatable bonds is 5. The third kappa shape index (κ3) is 3.54. The van der Waals surface area contributed by atoms with Gasteiger partial charge in [0.05, 0.1) is 5.69 Å². The Bertz CT molecular complexity index is 577. The van der Waals surface area contributed by atoms with Gasteiger partial charge in [-0.2, -0.15) is 0 Å². The molecule has 104 valence electrons. The Kier molecular flexibility index (Phi) is 4.30. The summed E-state index contributed by atoms with van der Waals surface area (Å²) in [5.74, 6) is 0.382. The number of hydrogen-bond donors (Lipinski definition) is 1. The van der Waals surface area contributed by atoms with Crippen molar-refractivity contribution in [3.8, 4) is 0 Å². The molecule has 0 aliphatic rings. The van der Waals surface area contributed by atoms with E-state index in [0.717, 1.165) is 11.3 Å². The van der Waals surface area contributed by atoms with E-state index in [1.165, 1.54) is 17.8 Å². The summed E-state index contributed by atoms with van der Waals surface area (Å²) < 4.78 is 0. The fourth-order valence-corrected chi connectivity index (χ4v) is 1.82. The number of benzene rings is 1. The Labute approximate surface area is 117 Å². The highest BCUT2D eigenvalue weighted by Crippen LogP contribution is 2.16. The monoisotopic (exact) mass is 271 g/mol. The Morgan fingerprint density at radius 2 is 1.90 bits per heavy atom. The number of nitrogens with zero attached hydrogens (tertiary/aromatic N) is 2. The molecule has 1 aromatic heterocycles. The zero-order valence-electron chi connectivity index (χ0n) is 11.5. The summed E-state index contributed by atoms with van der Waals surface area (Å²) >= 11 is 0. The van der Waals surface area contributed by atoms with Gasteiger partial charge in [-0.25, -0.2) is 0 Å². The van der Waals surface area contributed by atoms with Crippen LogP contribution in [0.1, 0.15) is 30.9 Å². The maximum absolute atomic E-state index is 10.5. The number of anilines is 1. The Morgan fingerprint density at radius 3 is 2.40 bits per heavy atom. The highest BCUT2D eigenvalue weighted by atomic mass is 16.6. The molecule has 5 heteroatoms. The second-order valence-corrected chi connectivity index (χ2v) is 4.91. The minimum absolute atomic E-state index is 0.142. The van der Waals surface area contributed by atoms with Gasteiger partial charge in [0.25, 0.3) is 0 Å². The Morgan fingerprint density at radius 1 is 1.20 bits per heavy atom. The van der Waals surface area contributed by atoms with Gasteiger partial charge in [-0.1, -0.05) is 38.1 Å². The van der Waals surface area contributed by atoms with Gasteiger partial charge in [-0.15, -0.1) is 0 Å². The highest BCUT2D eigenvalue weighted by Gasteiger charge is 2.06. The van der Waals surface area contributed by atoms with E-state index in [9.17, 15) is 10.1 Å². The molecule has 1 aromatic carbocycles. The van der Waals surface area contributed by atoms with Crippen molar-refractivity contribution in [2.75, 3.05) is 5.32 Å². The van der Waals surface area contributed by atoms with E-state index in [1.54, 1.807) is 6.07 Å². The van der Waals surface area contributed by atoms with Crippen LogP contribution in [0, 0.1) is 10.1 Å². The SMILES string of the molecule is CC(C)c1ccc(CNc2ccc([N+](=O)[O-])nc2)cc1. The quantitative estimate of drug-likeness (QED) is 0.664. The van der Waals surface area contributed by atoms with Crippen LogP contribution < -0.4 is 5.32 Å². The van der Waals surface area contributed by atoms with E-state index in [2.05, 4.69) is 48.4 Å². The van der Waals surface area contributed by atoms with Crippen LogP contribution in [0.5, 0.6) is 0 Å². The topological polar surface area (TPSA) is 68.1 Å². The van der Waals surface area contributed by atoms with Crippen molar-refractivity contribution in [3.05, 3.63) is 63.8 Å². The van der Waals surface area contributed by atoms with Gasteiger partial charge in [0.1, 0.15) is 0 Å². The largest absolute Gasteiger partial charge is 0.378 e. The number of nitrogens with one attached hydrogen (secondary N) is 1. The predicted molar refractivity (Wildman–Crippen MR) is 78.7 cm³/mol. The lowest BCUT2D eigenvalue weighted by molar-refractivity contribution is -0.389. The summed E-state index contributed by atoms with van der Waals surface area (Å²) in [4.78, 5) is 13.8. The summed E-state index contributed by atoms with van der Waals surface area (Å²) in [5.41, 5.74) is 3.24. The second-order valence-electron chi connectivity index (χ2n) is 4.91. The first kappa shape index (κ1) is 14.0. The minimum atomic E-state index is -0.506. The molecule has 2 rings (SSSR count). The molecule has 0 spiro atoms. The molecule has 0 radical (unpaired) electrons. The van der Waals surface area contributed by atoms with Crippen molar-refractivity contribution in [1.29, 1.82) is 0 Å². The van der Waals surface area contributed by atoms with Crippen LogP contribution in [0.15, 0.2) is 42.6 Å². The van der Waals surface area contributed by atoms with Crippen molar-refractivity contribution in [2.45, 2.75) is 26.3 Å². The van der Waals surface area contributed by atoms with Crippen LogP contribution in [0.2, 0.25) is 0 Å². The average molecular weight is 271 g/mol. The van der Waals surface area contributed by atoms with Gasteiger partial charge in [-0.05, 0) is 33.0 Å². The molecule has 0 saturated carbocycles. The summed E-state index contributed by atoms with van der Waals surface area (Å²) in [6.45, 7) is 4.99. The molecule has 1 N–H and O–H groups in total. The van der Waals surface area contributed by atoms with Gasteiger partial charge < -0.3 is 15.4 Å². The first-order chi connectivity index (χ1) is 9.56. The molecule has 0 unspecified atom stereocenters. The van der Waals surface area contributed by atoms with Crippen LogP contribution >= 0.6 is 0 Å². The number of pyridine rings is 1. The van der Waals surface area contributed by atoms with Crippen molar-refractivity contribution in [2.24, 2.45) is 0 Å². The van der Waals surface area contributed by atoms with E-state index in [4.69, 9.17) is 0 Å². The maximum Gasteiger partial charge on any atom is 0.363 e. The van der Waals surface area contributed by atoms with Gasteiger partial charge in [0.15, 0.2) is 6.20 Å². The molecule has 0 aliphatic heterocycles. The minimum Gasteiger partial charge on any atom is -0.378 e. The van der Waals surface area contributed by atoms with Crippen LogP contribution in [0.3, 0.4) is 0 Å². The zero-order valence-corrected chi connectivity index (χ0v) is 11.5. The van der Waals surface area contributed by atoms with E-state index in [-0.39, 0.29) is 5.82 Å². The molecular formula is C15H17N3O2. The molecule has 0 atom stereocenters. The van der Waals surface area contributed by atoms with Crippen molar-refractivity contribution in [3.63, 3.8) is 0 Å². The van der Waals surface area contributed by atoms with E-state index in [0.29, 0.717) is 12.5 Å².